The topological polar surface area (TPSA) is 58.2 Å². The summed E-state index contributed by atoms with van der Waals surface area (Å²) in [4.78, 5) is 24.2. The standard InChI is InChI=1S/C16H16N2O2/c1-2-17-15(19)13-10-6-7-11-14(13)16(20)18-12-8-4-3-5-9-12/h3-11H,2H2,1H3,(H,17,19)(H,18,20). The summed E-state index contributed by atoms with van der Waals surface area (Å²) >= 11 is 0. The Balaban J connectivity index is 2.24. The maximum Gasteiger partial charge on any atom is 0.256 e. The van der Waals surface area contributed by atoms with Gasteiger partial charge in [0.2, 0.25) is 0 Å². The normalized spacial score (nSPS) is 9.85. The average Bonchev–Trinajstić information content (AvgIpc) is 2.48. The number of anilines is 1. The maximum absolute atomic E-state index is 12.3. The van der Waals surface area contributed by atoms with E-state index >= 15 is 0 Å². The van der Waals surface area contributed by atoms with Gasteiger partial charge in [0, 0.05) is 12.2 Å². The molecule has 2 aromatic carbocycles. The number of hydrogen-bond acceptors (Lipinski definition) is 2. The fraction of sp³-hybridized carbons (Fsp3) is 0.125. The molecule has 20 heavy (non-hydrogen) atoms. The summed E-state index contributed by atoms with van der Waals surface area (Å²) in [6.45, 7) is 2.36. The lowest BCUT2D eigenvalue weighted by Crippen LogP contribution is -2.26. The first-order valence-electron chi connectivity index (χ1n) is 6.46. The van der Waals surface area contributed by atoms with Crippen LogP contribution in [0.2, 0.25) is 0 Å². The Morgan fingerprint density at radius 2 is 1.40 bits per heavy atom. The number of carbonyl (C=O) groups is 2. The molecule has 4 heteroatoms. The van der Waals surface area contributed by atoms with Crippen LogP contribution in [0.5, 0.6) is 0 Å². The zero-order valence-corrected chi connectivity index (χ0v) is 11.2. The van der Waals surface area contributed by atoms with Crippen molar-refractivity contribution in [3.05, 3.63) is 65.7 Å². The van der Waals surface area contributed by atoms with Gasteiger partial charge in [0.15, 0.2) is 0 Å². The van der Waals surface area contributed by atoms with Crippen molar-refractivity contribution in [2.24, 2.45) is 0 Å². The molecule has 0 fully saturated rings. The van der Waals surface area contributed by atoms with E-state index in [1.54, 1.807) is 36.4 Å². The van der Waals surface area contributed by atoms with Crippen LogP contribution in [-0.2, 0) is 0 Å². The first-order chi connectivity index (χ1) is 9.72. The molecule has 0 saturated carbocycles. The van der Waals surface area contributed by atoms with E-state index in [-0.39, 0.29) is 11.8 Å². The molecule has 2 amide bonds. The molecule has 0 aliphatic heterocycles. The Morgan fingerprint density at radius 1 is 0.850 bits per heavy atom. The van der Waals surface area contributed by atoms with Gasteiger partial charge < -0.3 is 10.6 Å². The van der Waals surface area contributed by atoms with Crippen LogP contribution in [-0.4, -0.2) is 18.4 Å². The highest BCUT2D eigenvalue weighted by molar-refractivity contribution is 6.12. The first kappa shape index (κ1) is 13.8. The van der Waals surface area contributed by atoms with E-state index in [0.29, 0.717) is 23.4 Å². The molecule has 0 bridgehead atoms. The molecule has 0 atom stereocenters. The molecule has 4 nitrogen and oxygen atoms in total. The van der Waals surface area contributed by atoms with Crippen molar-refractivity contribution in [3.63, 3.8) is 0 Å². The molecule has 0 saturated heterocycles. The minimum absolute atomic E-state index is 0.244. The summed E-state index contributed by atoms with van der Waals surface area (Å²) in [6.07, 6.45) is 0. The number of rotatable bonds is 4. The van der Waals surface area contributed by atoms with Gasteiger partial charge in [-0.3, -0.25) is 9.59 Å². The van der Waals surface area contributed by atoms with Gasteiger partial charge in [0.25, 0.3) is 11.8 Å². The number of carbonyl (C=O) groups excluding carboxylic acids is 2. The Bertz CT molecular complexity index is 609. The molecule has 0 heterocycles. The Kier molecular flexibility index (Phi) is 4.50. The Hall–Kier alpha value is -2.62. The van der Waals surface area contributed by atoms with Crippen molar-refractivity contribution in [1.29, 1.82) is 0 Å². The van der Waals surface area contributed by atoms with Crippen LogP contribution in [0.25, 0.3) is 0 Å². The van der Waals surface area contributed by atoms with Crippen LogP contribution in [0.3, 0.4) is 0 Å². The summed E-state index contributed by atoms with van der Waals surface area (Å²) in [6, 6.07) is 15.9. The molecule has 0 aromatic heterocycles. The molecule has 2 aromatic rings. The average molecular weight is 268 g/mol. The highest BCUT2D eigenvalue weighted by Gasteiger charge is 2.15. The van der Waals surface area contributed by atoms with E-state index in [9.17, 15) is 9.59 Å². The third-order valence-corrected chi connectivity index (χ3v) is 2.79. The van der Waals surface area contributed by atoms with Gasteiger partial charge >= 0.3 is 0 Å². The number of hydrogen-bond donors (Lipinski definition) is 2. The third kappa shape index (κ3) is 3.23. The predicted molar refractivity (Wildman–Crippen MR) is 78.8 cm³/mol. The lowest BCUT2D eigenvalue weighted by atomic mass is 10.1. The Labute approximate surface area is 117 Å². The van der Waals surface area contributed by atoms with Gasteiger partial charge in [-0.05, 0) is 31.2 Å². The highest BCUT2D eigenvalue weighted by Crippen LogP contribution is 2.12. The van der Waals surface area contributed by atoms with Gasteiger partial charge in [-0.15, -0.1) is 0 Å². The minimum Gasteiger partial charge on any atom is -0.352 e. The van der Waals surface area contributed by atoms with Crippen LogP contribution in [0, 0.1) is 0 Å². The van der Waals surface area contributed by atoms with Crippen LogP contribution >= 0.6 is 0 Å². The van der Waals surface area contributed by atoms with Crippen molar-refractivity contribution in [2.45, 2.75) is 6.92 Å². The SMILES string of the molecule is CCNC(=O)c1ccccc1C(=O)Nc1ccccc1. The molecular weight excluding hydrogens is 252 g/mol. The van der Waals surface area contributed by atoms with Gasteiger partial charge in [-0.2, -0.15) is 0 Å². The zero-order valence-electron chi connectivity index (χ0n) is 11.2. The fourth-order valence-corrected chi connectivity index (χ4v) is 1.85. The van der Waals surface area contributed by atoms with E-state index in [0.717, 1.165) is 0 Å². The number of nitrogens with one attached hydrogen (secondary N) is 2. The van der Waals surface area contributed by atoms with Gasteiger partial charge in [-0.1, -0.05) is 30.3 Å². The van der Waals surface area contributed by atoms with Crippen LogP contribution in [0.1, 0.15) is 27.6 Å². The van der Waals surface area contributed by atoms with E-state index in [2.05, 4.69) is 10.6 Å². The lowest BCUT2D eigenvalue weighted by molar-refractivity contribution is 0.0942. The van der Waals surface area contributed by atoms with Gasteiger partial charge in [-0.25, -0.2) is 0 Å². The van der Waals surface area contributed by atoms with E-state index in [1.807, 2.05) is 25.1 Å². The van der Waals surface area contributed by atoms with Crippen LogP contribution in [0.15, 0.2) is 54.6 Å². The lowest BCUT2D eigenvalue weighted by Gasteiger charge is -2.09. The molecule has 0 radical (unpaired) electrons. The molecule has 2 rings (SSSR count). The molecule has 0 spiro atoms. The number of amides is 2. The largest absolute Gasteiger partial charge is 0.352 e. The molecular formula is C16H16N2O2. The number of para-hydroxylation sites is 1. The van der Waals surface area contributed by atoms with Crippen LogP contribution < -0.4 is 10.6 Å². The van der Waals surface area contributed by atoms with Crippen molar-refractivity contribution in [1.82, 2.24) is 5.32 Å². The summed E-state index contributed by atoms with van der Waals surface area (Å²) in [5, 5.41) is 5.48. The summed E-state index contributed by atoms with van der Waals surface area (Å²) < 4.78 is 0. The minimum atomic E-state index is -0.293. The maximum atomic E-state index is 12.3. The summed E-state index contributed by atoms with van der Waals surface area (Å²) in [5.74, 6) is -0.538. The third-order valence-electron chi connectivity index (χ3n) is 2.79. The van der Waals surface area contributed by atoms with E-state index < -0.39 is 0 Å². The first-order valence-corrected chi connectivity index (χ1v) is 6.46. The molecule has 0 aliphatic rings. The second-order valence-electron chi connectivity index (χ2n) is 4.23. The molecule has 0 unspecified atom stereocenters. The highest BCUT2D eigenvalue weighted by atomic mass is 16.2. The fourth-order valence-electron chi connectivity index (χ4n) is 1.85. The van der Waals surface area contributed by atoms with Crippen molar-refractivity contribution in [3.8, 4) is 0 Å². The van der Waals surface area contributed by atoms with Crippen molar-refractivity contribution in [2.75, 3.05) is 11.9 Å². The second kappa shape index (κ2) is 6.52. The second-order valence-corrected chi connectivity index (χ2v) is 4.23. The molecule has 2 N–H and O–H groups in total. The van der Waals surface area contributed by atoms with E-state index in [4.69, 9.17) is 0 Å². The quantitative estimate of drug-likeness (QED) is 0.895. The van der Waals surface area contributed by atoms with Crippen LogP contribution in [0.4, 0.5) is 5.69 Å². The zero-order chi connectivity index (χ0) is 14.4. The monoisotopic (exact) mass is 268 g/mol. The van der Waals surface area contributed by atoms with Gasteiger partial charge in [0.1, 0.15) is 0 Å². The smallest absolute Gasteiger partial charge is 0.256 e. The van der Waals surface area contributed by atoms with Gasteiger partial charge in [0.05, 0.1) is 11.1 Å². The molecule has 102 valence electrons. The summed E-state index contributed by atoms with van der Waals surface area (Å²) in [5.41, 5.74) is 1.44. The molecule has 0 aliphatic carbocycles. The van der Waals surface area contributed by atoms with E-state index in [1.165, 1.54) is 0 Å². The Morgan fingerprint density at radius 3 is 2.00 bits per heavy atom. The van der Waals surface area contributed by atoms with Crippen molar-refractivity contribution >= 4 is 17.5 Å². The number of benzene rings is 2. The summed E-state index contributed by atoms with van der Waals surface area (Å²) in [7, 11) is 0. The van der Waals surface area contributed by atoms with Crippen molar-refractivity contribution < 1.29 is 9.59 Å². The predicted octanol–water partition coefficient (Wildman–Crippen LogP) is 2.69.